The zero-order chi connectivity index (χ0) is 13.3. The quantitative estimate of drug-likeness (QED) is 0.910. The third-order valence-electron chi connectivity index (χ3n) is 4.51. The van der Waals surface area contributed by atoms with E-state index in [1.807, 2.05) is 7.05 Å². The Balaban J connectivity index is 2.13. The summed E-state index contributed by atoms with van der Waals surface area (Å²) in [6.45, 7) is 6.66. The molecule has 1 fully saturated rings. The largest absolute Gasteiger partial charge is 0.489 e. The summed E-state index contributed by atoms with van der Waals surface area (Å²) in [5.74, 6) is 1.00. The smallest absolute Gasteiger partial charge is 0.123 e. The highest BCUT2D eigenvalue weighted by Crippen LogP contribution is 2.46. The van der Waals surface area contributed by atoms with Gasteiger partial charge in [0.05, 0.1) is 0 Å². The number of rotatable bonds is 4. The van der Waals surface area contributed by atoms with Crippen molar-refractivity contribution in [2.75, 3.05) is 7.05 Å². The summed E-state index contributed by atoms with van der Waals surface area (Å²) >= 11 is 3.50. The second kappa shape index (κ2) is 5.22. The number of halogens is 1. The average Bonchev–Trinajstić information content (AvgIpc) is 2.36. The third-order valence-corrected chi connectivity index (χ3v) is 5.00. The van der Waals surface area contributed by atoms with Crippen molar-refractivity contribution >= 4 is 15.9 Å². The van der Waals surface area contributed by atoms with E-state index in [0.717, 1.165) is 23.1 Å². The summed E-state index contributed by atoms with van der Waals surface area (Å²) < 4.78 is 7.31. The fourth-order valence-corrected chi connectivity index (χ4v) is 3.12. The highest BCUT2D eigenvalue weighted by Gasteiger charge is 2.51. The van der Waals surface area contributed by atoms with Crippen LogP contribution in [0.4, 0.5) is 0 Å². The molecule has 1 aromatic rings. The second-order valence-corrected chi connectivity index (χ2v) is 6.37. The van der Waals surface area contributed by atoms with Crippen LogP contribution < -0.4 is 10.1 Å². The molecule has 1 N–H and O–H groups in total. The molecule has 3 unspecified atom stereocenters. The molecule has 0 aliphatic heterocycles. The summed E-state index contributed by atoms with van der Waals surface area (Å²) in [6, 6.07) is 6.79. The lowest BCUT2D eigenvalue weighted by atomic mass is 9.61. The van der Waals surface area contributed by atoms with Gasteiger partial charge in [-0.3, -0.25) is 0 Å². The Morgan fingerprint density at radius 3 is 2.83 bits per heavy atom. The first kappa shape index (κ1) is 13.9. The van der Waals surface area contributed by atoms with Crippen molar-refractivity contribution < 1.29 is 4.74 Å². The van der Waals surface area contributed by atoms with E-state index in [9.17, 15) is 0 Å². The minimum Gasteiger partial charge on any atom is -0.489 e. The second-order valence-electron chi connectivity index (χ2n) is 5.45. The van der Waals surface area contributed by atoms with Gasteiger partial charge in [0, 0.05) is 22.4 Å². The van der Waals surface area contributed by atoms with Crippen molar-refractivity contribution in [2.45, 2.75) is 45.8 Å². The van der Waals surface area contributed by atoms with Crippen LogP contribution in [-0.4, -0.2) is 19.2 Å². The monoisotopic (exact) mass is 311 g/mol. The summed E-state index contributed by atoms with van der Waals surface area (Å²) in [6.07, 6.45) is 2.54. The minimum atomic E-state index is 0.240. The summed E-state index contributed by atoms with van der Waals surface area (Å²) in [5, 5.41) is 3.40. The van der Waals surface area contributed by atoms with Crippen molar-refractivity contribution in [3.05, 3.63) is 28.2 Å². The van der Waals surface area contributed by atoms with E-state index in [0.29, 0.717) is 12.1 Å². The lowest BCUT2D eigenvalue weighted by molar-refractivity contribution is -0.0680. The number of aryl methyl sites for hydroxylation is 1. The average molecular weight is 312 g/mol. The van der Waals surface area contributed by atoms with Crippen LogP contribution in [0, 0.1) is 12.3 Å². The number of hydrogen-bond acceptors (Lipinski definition) is 2. The van der Waals surface area contributed by atoms with Crippen molar-refractivity contribution in [1.29, 1.82) is 0 Å². The molecule has 1 aliphatic rings. The molecular formula is C15H22BrNO. The maximum Gasteiger partial charge on any atom is 0.123 e. The van der Waals surface area contributed by atoms with E-state index in [-0.39, 0.29) is 5.41 Å². The molecule has 3 atom stereocenters. The molecule has 0 amide bonds. The Hall–Kier alpha value is -0.540. The topological polar surface area (TPSA) is 21.3 Å². The van der Waals surface area contributed by atoms with E-state index in [1.54, 1.807) is 0 Å². The first-order chi connectivity index (χ1) is 8.51. The molecule has 1 aromatic carbocycles. The number of nitrogens with one attached hydrogen (secondary N) is 1. The lowest BCUT2D eigenvalue weighted by Gasteiger charge is -2.53. The van der Waals surface area contributed by atoms with Gasteiger partial charge in [0.15, 0.2) is 0 Å². The Bertz CT molecular complexity index is 435. The molecule has 1 aliphatic carbocycles. The first-order valence-corrected chi connectivity index (χ1v) is 7.40. The Morgan fingerprint density at radius 2 is 2.22 bits per heavy atom. The van der Waals surface area contributed by atoms with E-state index in [1.165, 1.54) is 5.56 Å². The standard InChI is InChI=1S/C15H22BrNO/c1-5-15(3)13(17-4)9-14(15)18-12-8-11(16)7-6-10(12)2/h6-8,13-14,17H,5,9H2,1-4H3. The van der Waals surface area contributed by atoms with Gasteiger partial charge in [-0.25, -0.2) is 0 Å². The minimum absolute atomic E-state index is 0.240. The van der Waals surface area contributed by atoms with Gasteiger partial charge >= 0.3 is 0 Å². The summed E-state index contributed by atoms with van der Waals surface area (Å²) in [5.41, 5.74) is 1.44. The number of hydrogen-bond donors (Lipinski definition) is 1. The fourth-order valence-electron chi connectivity index (χ4n) is 2.77. The van der Waals surface area contributed by atoms with Crippen molar-refractivity contribution in [3.8, 4) is 5.75 Å². The fraction of sp³-hybridized carbons (Fsp3) is 0.600. The van der Waals surface area contributed by atoms with Crippen LogP contribution in [-0.2, 0) is 0 Å². The summed E-state index contributed by atoms with van der Waals surface area (Å²) in [4.78, 5) is 0. The zero-order valence-corrected chi connectivity index (χ0v) is 13.2. The molecule has 0 bridgehead atoms. The molecule has 0 aromatic heterocycles. The van der Waals surface area contributed by atoms with Crippen LogP contribution in [0.15, 0.2) is 22.7 Å². The van der Waals surface area contributed by atoms with E-state index >= 15 is 0 Å². The van der Waals surface area contributed by atoms with Crippen LogP contribution in [0.25, 0.3) is 0 Å². The Kier molecular flexibility index (Phi) is 4.02. The SMILES string of the molecule is CCC1(C)C(NC)CC1Oc1cc(Br)ccc1C. The molecular weight excluding hydrogens is 290 g/mol. The van der Waals surface area contributed by atoms with Gasteiger partial charge in [0.2, 0.25) is 0 Å². The maximum atomic E-state index is 6.23. The molecule has 0 saturated heterocycles. The highest BCUT2D eigenvalue weighted by atomic mass is 79.9. The molecule has 3 heteroatoms. The molecule has 2 rings (SSSR count). The van der Waals surface area contributed by atoms with Gasteiger partial charge in [-0.05, 0) is 38.1 Å². The van der Waals surface area contributed by atoms with E-state index in [4.69, 9.17) is 4.74 Å². The van der Waals surface area contributed by atoms with Gasteiger partial charge in [0.1, 0.15) is 11.9 Å². The number of benzene rings is 1. The van der Waals surface area contributed by atoms with Crippen molar-refractivity contribution in [3.63, 3.8) is 0 Å². The molecule has 2 nitrogen and oxygen atoms in total. The van der Waals surface area contributed by atoms with Crippen LogP contribution >= 0.6 is 15.9 Å². The van der Waals surface area contributed by atoms with Gasteiger partial charge in [-0.1, -0.05) is 35.8 Å². The molecule has 0 spiro atoms. The van der Waals surface area contributed by atoms with Crippen LogP contribution in [0.3, 0.4) is 0 Å². The number of ether oxygens (including phenoxy) is 1. The summed E-state index contributed by atoms with van der Waals surface area (Å²) in [7, 11) is 2.04. The first-order valence-electron chi connectivity index (χ1n) is 6.61. The lowest BCUT2D eigenvalue weighted by Crippen LogP contribution is -2.62. The molecule has 0 radical (unpaired) electrons. The van der Waals surface area contributed by atoms with Crippen LogP contribution in [0.5, 0.6) is 5.75 Å². The maximum absolute atomic E-state index is 6.23. The Labute approximate surface area is 118 Å². The predicted molar refractivity (Wildman–Crippen MR) is 79.2 cm³/mol. The van der Waals surface area contributed by atoms with Gasteiger partial charge in [-0.15, -0.1) is 0 Å². The van der Waals surface area contributed by atoms with Gasteiger partial charge in [0.25, 0.3) is 0 Å². The van der Waals surface area contributed by atoms with Crippen LogP contribution in [0.1, 0.15) is 32.3 Å². The molecule has 1 saturated carbocycles. The van der Waals surface area contributed by atoms with E-state index in [2.05, 4.69) is 60.2 Å². The van der Waals surface area contributed by atoms with Crippen molar-refractivity contribution in [2.24, 2.45) is 5.41 Å². The van der Waals surface area contributed by atoms with Gasteiger partial charge < -0.3 is 10.1 Å². The van der Waals surface area contributed by atoms with Crippen molar-refractivity contribution in [1.82, 2.24) is 5.32 Å². The highest BCUT2D eigenvalue weighted by molar-refractivity contribution is 9.10. The van der Waals surface area contributed by atoms with Gasteiger partial charge in [-0.2, -0.15) is 0 Å². The molecule has 18 heavy (non-hydrogen) atoms. The van der Waals surface area contributed by atoms with E-state index < -0.39 is 0 Å². The Morgan fingerprint density at radius 1 is 1.50 bits per heavy atom. The molecule has 100 valence electrons. The predicted octanol–water partition coefficient (Wildman–Crippen LogP) is 3.91. The zero-order valence-electron chi connectivity index (χ0n) is 11.6. The molecule has 0 heterocycles. The van der Waals surface area contributed by atoms with Crippen LogP contribution in [0.2, 0.25) is 0 Å². The normalized spacial score (nSPS) is 30.9. The third kappa shape index (κ3) is 2.30.